The van der Waals surface area contributed by atoms with Crippen LogP contribution in [-0.4, -0.2) is 11.6 Å². The number of carbonyl (C=O) groups is 2. The lowest BCUT2D eigenvalue weighted by molar-refractivity contribution is -0.124. The summed E-state index contributed by atoms with van der Waals surface area (Å²) >= 11 is 0. The topological polar surface area (TPSA) is 34.1 Å². The Bertz CT molecular complexity index is 581. The lowest BCUT2D eigenvalue weighted by Crippen LogP contribution is -2.16. The Balaban J connectivity index is 2.10. The van der Waals surface area contributed by atoms with E-state index in [1.165, 1.54) is 0 Å². The molecule has 0 N–H and O–H groups in total. The molecule has 0 saturated heterocycles. The molecule has 0 aromatic heterocycles. The molecule has 1 saturated carbocycles. The lowest BCUT2D eigenvalue weighted by Gasteiger charge is -2.12. The molecule has 2 aliphatic carbocycles. The first-order valence-electron chi connectivity index (χ1n) is 6.44. The van der Waals surface area contributed by atoms with Gasteiger partial charge in [0.15, 0.2) is 11.6 Å². The molecule has 2 atom stereocenters. The van der Waals surface area contributed by atoms with E-state index in [1.54, 1.807) is 0 Å². The van der Waals surface area contributed by atoms with Gasteiger partial charge in [0, 0.05) is 11.5 Å². The average Bonchev–Trinajstić information content (AvgIpc) is 2.89. The van der Waals surface area contributed by atoms with E-state index in [9.17, 15) is 9.59 Å². The highest BCUT2D eigenvalue weighted by Crippen LogP contribution is 2.42. The van der Waals surface area contributed by atoms with E-state index in [4.69, 9.17) is 0 Å². The smallest absolute Gasteiger partial charge is 0.174 e. The van der Waals surface area contributed by atoms with Crippen LogP contribution >= 0.6 is 0 Å². The van der Waals surface area contributed by atoms with Crippen LogP contribution in [-0.2, 0) is 9.59 Å². The molecule has 2 nitrogen and oxygen atoms in total. The molecule has 1 aromatic carbocycles. The van der Waals surface area contributed by atoms with E-state index in [0.29, 0.717) is 0 Å². The predicted molar refractivity (Wildman–Crippen MR) is 69.5 cm³/mol. The van der Waals surface area contributed by atoms with Crippen LogP contribution in [0, 0.1) is 19.8 Å². The molecule has 0 heterocycles. The molecule has 1 aromatic rings. The molecule has 0 radical (unpaired) electrons. The molecule has 0 bridgehead atoms. The minimum atomic E-state index is -0.540. The van der Waals surface area contributed by atoms with E-state index in [-0.39, 0.29) is 17.5 Å². The molecule has 3 rings (SSSR count). The molecular formula is C16H16O2. The number of hydrogen-bond donors (Lipinski definition) is 0. The Morgan fingerprint density at radius 1 is 1.17 bits per heavy atom. The molecule has 2 aliphatic rings. The third-order valence-electron chi connectivity index (χ3n) is 4.12. The normalized spacial score (nSPS) is 26.4. The molecular weight excluding hydrogens is 224 g/mol. The Morgan fingerprint density at radius 3 is 2.67 bits per heavy atom. The van der Waals surface area contributed by atoms with Gasteiger partial charge in [0.25, 0.3) is 0 Å². The van der Waals surface area contributed by atoms with E-state index < -0.39 is 5.92 Å². The van der Waals surface area contributed by atoms with Gasteiger partial charge in [0.2, 0.25) is 0 Å². The highest BCUT2D eigenvalue weighted by molar-refractivity contribution is 6.24. The van der Waals surface area contributed by atoms with Crippen LogP contribution < -0.4 is 0 Å². The van der Waals surface area contributed by atoms with Gasteiger partial charge in [-0.3, -0.25) is 9.59 Å². The van der Waals surface area contributed by atoms with Gasteiger partial charge < -0.3 is 0 Å². The highest BCUT2D eigenvalue weighted by Gasteiger charge is 2.47. The van der Waals surface area contributed by atoms with Crippen molar-refractivity contribution in [1.29, 1.82) is 0 Å². The SMILES string of the molecule is Cc1ccc(C)c(C2C(=O)C3=CCCC3C2=O)c1. The van der Waals surface area contributed by atoms with E-state index in [2.05, 4.69) is 0 Å². The fraction of sp³-hybridized carbons (Fsp3) is 0.375. The number of hydrogen-bond acceptors (Lipinski definition) is 2. The second kappa shape index (κ2) is 3.91. The fourth-order valence-electron chi connectivity index (χ4n) is 3.13. The molecule has 92 valence electrons. The maximum absolute atomic E-state index is 12.4. The van der Waals surface area contributed by atoms with Crippen LogP contribution in [0.4, 0.5) is 0 Å². The van der Waals surface area contributed by atoms with Crippen molar-refractivity contribution in [1.82, 2.24) is 0 Å². The molecule has 0 spiro atoms. The Morgan fingerprint density at radius 2 is 1.94 bits per heavy atom. The maximum atomic E-state index is 12.4. The summed E-state index contributed by atoms with van der Waals surface area (Å²) in [6, 6.07) is 5.99. The van der Waals surface area contributed by atoms with Crippen LogP contribution in [0.25, 0.3) is 0 Å². The van der Waals surface area contributed by atoms with Gasteiger partial charge in [-0.15, -0.1) is 0 Å². The summed E-state index contributed by atoms with van der Waals surface area (Å²) < 4.78 is 0. The summed E-state index contributed by atoms with van der Waals surface area (Å²) in [5.74, 6) is -0.516. The largest absolute Gasteiger partial charge is 0.298 e. The van der Waals surface area contributed by atoms with Gasteiger partial charge in [0.1, 0.15) is 5.92 Å². The summed E-state index contributed by atoms with van der Waals surface area (Å²) in [5.41, 5.74) is 3.81. The number of fused-ring (bicyclic) bond motifs is 1. The number of benzene rings is 1. The lowest BCUT2D eigenvalue weighted by atomic mass is 9.89. The van der Waals surface area contributed by atoms with Crippen LogP contribution in [0.2, 0.25) is 0 Å². The number of Topliss-reactive ketones (excluding diaryl/α,β-unsaturated/α-hetero) is 2. The first-order valence-corrected chi connectivity index (χ1v) is 6.44. The van der Waals surface area contributed by atoms with Crippen molar-refractivity contribution >= 4 is 11.6 Å². The minimum Gasteiger partial charge on any atom is -0.298 e. The zero-order valence-electron chi connectivity index (χ0n) is 10.7. The Hall–Kier alpha value is -1.70. The van der Waals surface area contributed by atoms with Crippen molar-refractivity contribution in [3.63, 3.8) is 0 Å². The van der Waals surface area contributed by atoms with Gasteiger partial charge in [-0.1, -0.05) is 29.8 Å². The van der Waals surface area contributed by atoms with E-state index >= 15 is 0 Å². The standard InChI is InChI=1S/C16H16O2/c1-9-6-7-10(2)13(8-9)14-15(17)11-4-3-5-12(11)16(14)18/h4,6-8,12,14H,3,5H2,1-2H3. The van der Waals surface area contributed by atoms with Gasteiger partial charge in [-0.2, -0.15) is 0 Å². The first-order chi connectivity index (χ1) is 8.59. The second-order valence-corrected chi connectivity index (χ2v) is 5.35. The number of aryl methyl sites for hydroxylation is 2. The zero-order valence-corrected chi connectivity index (χ0v) is 10.7. The monoisotopic (exact) mass is 240 g/mol. The Labute approximate surface area is 107 Å². The molecule has 18 heavy (non-hydrogen) atoms. The van der Waals surface area contributed by atoms with Crippen LogP contribution in [0.1, 0.15) is 35.4 Å². The van der Waals surface area contributed by atoms with Crippen molar-refractivity contribution in [3.05, 3.63) is 46.5 Å². The number of allylic oxidation sites excluding steroid dienone is 2. The number of carbonyl (C=O) groups excluding carboxylic acids is 2. The van der Waals surface area contributed by atoms with Gasteiger partial charge in [0.05, 0.1) is 0 Å². The molecule has 0 aliphatic heterocycles. The summed E-state index contributed by atoms with van der Waals surface area (Å²) in [6.45, 7) is 3.96. The van der Waals surface area contributed by atoms with Crippen LogP contribution in [0.15, 0.2) is 29.8 Å². The van der Waals surface area contributed by atoms with Crippen molar-refractivity contribution in [2.24, 2.45) is 5.92 Å². The van der Waals surface area contributed by atoms with Crippen LogP contribution in [0.5, 0.6) is 0 Å². The van der Waals surface area contributed by atoms with Crippen molar-refractivity contribution in [2.45, 2.75) is 32.6 Å². The fourth-order valence-corrected chi connectivity index (χ4v) is 3.13. The van der Waals surface area contributed by atoms with Crippen molar-refractivity contribution in [2.75, 3.05) is 0 Å². The predicted octanol–water partition coefficient (Wildman–Crippen LogP) is 2.88. The third kappa shape index (κ3) is 1.48. The summed E-state index contributed by atoms with van der Waals surface area (Å²) in [4.78, 5) is 24.8. The van der Waals surface area contributed by atoms with Gasteiger partial charge in [-0.25, -0.2) is 0 Å². The van der Waals surface area contributed by atoms with Crippen molar-refractivity contribution in [3.8, 4) is 0 Å². The van der Waals surface area contributed by atoms with Gasteiger partial charge >= 0.3 is 0 Å². The molecule has 2 unspecified atom stereocenters. The molecule has 2 heteroatoms. The maximum Gasteiger partial charge on any atom is 0.174 e. The minimum absolute atomic E-state index is 0.0381. The van der Waals surface area contributed by atoms with E-state index in [0.717, 1.165) is 35.1 Å². The average molecular weight is 240 g/mol. The number of ketones is 2. The second-order valence-electron chi connectivity index (χ2n) is 5.35. The number of rotatable bonds is 1. The molecule has 0 amide bonds. The summed E-state index contributed by atoms with van der Waals surface area (Å²) in [6.07, 6.45) is 3.65. The summed E-state index contributed by atoms with van der Waals surface area (Å²) in [7, 11) is 0. The highest BCUT2D eigenvalue weighted by atomic mass is 16.2. The zero-order chi connectivity index (χ0) is 12.9. The third-order valence-corrected chi connectivity index (χ3v) is 4.12. The van der Waals surface area contributed by atoms with E-state index in [1.807, 2.05) is 38.1 Å². The Kier molecular flexibility index (Phi) is 2.47. The van der Waals surface area contributed by atoms with Crippen LogP contribution in [0.3, 0.4) is 0 Å². The quantitative estimate of drug-likeness (QED) is 0.707. The first kappa shape index (κ1) is 11.4. The molecule has 1 fully saturated rings. The summed E-state index contributed by atoms with van der Waals surface area (Å²) in [5, 5.41) is 0. The van der Waals surface area contributed by atoms with Crippen molar-refractivity contribution < 1.29 is 9.59 Å². The van der Waals surface area contributed by atoms with Gasteiger partial charge in [-0.05, 0) is 37.8 Å².